The zero-order valence-corrected chi connectivity index (χ0v) is 17.3. The molecule has 0 spiro atoms. The fourth-order valence-electron chi connectivity index (χ4n) is 2.66. The van der Waals surface area contributed by atoms with Crippen LogP contribution in [0.25, 0.3) is 10.6 Å². The minimum atomic E-state index is -0.559. The van der Waals surface area contributed by atoms with Crippen LogP contribution in [0, 0.1) is 6.92 Å². The quantitative estimate of drug-likeness (QED) is 0.581. The van der Waals surface area contributed by atoms with Gasteiger partial charge in [-0.2, -0.15) is 0 Å². The van der Waals surface area contributed by atoms with E-state index in [1.165, 1.54) is 16.9 Å². The fourth-order valence-corrected chi connectivity index (χ4v) is 3.63. The summed E-state index contributed by atoms with van der Waals surface area (Å²) in [5.41, 5.74) is 3.30. The summed E-state index contributed by atoms with van der Waals surface area (Å²) in [6.07, 6.45) is 0.929. The van der Waals surface area contributed by atoms with Gasteiger partial charge in [0.1, 0.15) is 15.6 Å². The van der Waals surface area contributed by atoms with Gasteiger partial charge in [-0.1, -0.05) is 19.1 Å². The van der Waals surface area contributed by atoms with E-state index >= 15 is 0 Å². The smallest absolute Gasteiger partial charge is 0.350 e. The molecule has 2 aromatic carbocycles. The minimum Gasteiger partial charge on any atom is -0.497 e. The summed E-state index contributed by atoms with van der Waals surface area (Å²) in [6, 6.07) is 15.0. The van der Waals surface area contributed by atoms with Crippen molar-refractivity contribution in [2.45, 2.75) is 20.3 Å². The second-order valence-electron chi connectivity index (χ2n) is 6.34. The number of esters is 1. The number of carbonyl (C=O) groups excluding carboxylic acids is 2. The van der Waals surface area contributed by atoms with Crippen molar-refractivity contribution in [1.82, 2.24) is 4.98 Å². The standard InChI is InChI=1S/C22H22N2O4S/c1-4-15-5-9-17(10-6-15)24-19(25)13-28-22(26)20-14(2)23-21(29-20)16-7-11-18(27-3)12-8-16/h5-12H,4,13H2,1-3H3,(H,24,25). The number of rotatable bonds is 7. The first-order valence-electron chi connectivity index (χ1n) is 9.18. The molecule has 3 rings (SSSR count). The number of ether oxygens (including phenoxy) is 2. The summed E-state index contributed by atoms with van der Waals surface area (Å²) in [7, 11) is 1.60. The van der Waals surface area contributed by atoms with Crippen molar-refractivity contribution in [3.05, 3.63) is 64.7 Å². The molecule has 3 aromatic rings. The van der Waals surface area contributed by atoms with Crippen LogP contribution in [-0.2, 0) is 16.0 Å². The molecule has 0 aliphatic rings. The maximum Gasteiger partial charge on any atom is 0.350 e. The van der Waals surface area contributed by atoms with Gasteiger partial charge in [-0.3, -0.25) is 4.79 Å². The third kappa shape index (κ3) is 5.20. The Morgan fingerprint density at radius 3 is 2.38 bits per heavy atom. The van der Waals surface area contributed by atoms with Crippen LogP contribution in [0.4, 0.5) is 5.69 Å². The Bertz CT molecular complexity index is 995. The second-order valence-corrected chi connectivity index (χ2v) is 7.34. The zero-order chi connectivity index (χ0) is 20.8. The van der Waals surface area contributed by atoms with E-state index in [4.69, 9.17) is 9.47 Å². The normalized spacial score (nSPS) is 10.4. The average Bonchev–Trinajstić information content (AvgIpc) is 3.14. The molecule has 1 amide bonds. The Labute approximate surface area is 173 Å². The number of nitrogens with one attached hydrogen (secondary N) is 1. The number of thiazole rings is 1. The Balaban J connectivity index is 1.59. The lowest BCUT2D eigenvalue weighted by Crippen LogP contribution is -2.20. The number of hydrogen-bond donors (Lipinski definition) is 1. The molecule has 29 heavy (non-hydrogen) atoms. The molecule has 0 saturated heterocycles. The molecule has 0 unspecified atom stereocenters. The van der Waals surface area contributed by atoms with Crippen LogP contribution >= 0.6 is 11.3 Å². The molecule has 150 valence electrons. The Hall–Kier alpha value is -3.19. The predicted molar refractivity (Wildman–Crippen MR) is 114 cm³/mol. The first-order valence-corrected chi connectivity index (χ1v) is 9.99. The highest BCUT2D eigenvalue weighted by Gasteiger charge is 2.19. The molecule has 0 bridgehead atoms. The van der Waals surface area contributed by atoms with E-state index in [1.54, 1.807) is 14.0 Å². The zero-order valence-electron chi connectivity index (χ0n) is 16.5. The van der Waals surface area contributed by atoms with Gasteiger partial charge in [0.25, 0.3) is 5.91 Å². The fraction of sp³-hybridized carbons (Fsp3) is 0.227. The molecule has 0 saturated carbocycles. The number of benzene rings is 2. The largest absolute Gasteiger partial charge is 0.497 e. The Morgan fingerprint density at radius 2 is 1.76 bits per heavy atom. The maximum absolute atomic E-state index is 12.4. The van der Waals surface area contributed by atoms with Crippen molar-refractivity contribution < 1.29 is 19.1 Å². The summed E-state index contributed by atoms with van der Waals surface area (Å²) >= 11 is 1.24. The number of anilines is 1. The van der Waals surface area contributed by atoms with E-state index in [0.717, 1.165) is 17.7 Å². The number of hydrogen-bond acceptors (Lipinski definition) is 6. The van der Waals surface area contributed by atoms with E-state index < -0.39 is 5.97 Å². The first-order chi connectivity index (χ1) is 14.0. The van der Waals surface area contributed by atoms with Crippen molar-refractivity contribution >= 4 is 28.9 Å². The molecular formula is C22H22N2O4S. The van der Waals surface area contributed by atoms with Gasteiger partial charge in [0, 0.05) is 11.3 Å². The highest BCUT2D eigenvalue weighted by atomic mass is 32.1. The number of methoxy groups -OCH3 is 1. The van der Waals surface area contributed by atoms with Crippen molar-refractivity contribution in [1.29, 1.82) is 0 Å². The van der Waals surface area contributed by atoms with Gasteiger partial charge in [-0.05, 0) is 55.3 Å². The average molecular weight is 410 g/mol. The molecule has 1 heterocycles. The third-order valence-corrected chi connectivity index (χ3v) is 5.49. The lowest BCUT2D eigenvalue weighted by atomic mass is 10.1. The Morgan fingerprint density at radius 1 is 1.07 bits per heavy atom. The highest BCUT2D eigenvalue weighted by molar-refractivity contribution is 7.17. The Kier molecular flexibility index (Phi) is 6.61. The topological polar surface area (TPSA) is 77.5 Å². The van der Waals surface area contributed by atoms with E-state index in [1.807, 2.05) is 48.5 Å². The SMILES string of the molecule is CCc1ccc(NC(=O)COC(=O)c2sc(-c3ccc(OC)cc3)nc2C)cc1. The van der Waals surface area contributed by atoms with Crippen LogP contribution in [0.15, 0.2) is 48.5 Å². The summed E-state index contributed by atoms with van der Waals surface area (Å²) in [5, 5.41) is 3.42. The van der Waals surface area contributed by atoms with Crippen molar-refractivity contribution in [3.8, 4) is 16.3 Å². The third-order valence-electron chi connectivity index (χ3n) is 4.30. The van der Waals surface area contributed by atoms with Crippen molar-refractivity contribution in [2.24, 2.45) is 0 Å². The highest BCUT2D eigenvalue weighted by Crippen LogP contribution is 2.29. The van der Waals surface area contributed by atoms with E-state index in [0.29, 0.717) is 21.3 Å². The number of nitrogens with zero attached hydrogens (tertiary/aromatic N) is 1. The number of aryl methyl sites for hydroxylation is 2. The predicted octanol–water partition coefficient (Wildman–Crippen LogP) is 4.49. The monoisotopic (exact) mass is 410 g/mol. The molecule has 1 N–H and O–H groups in total. The lowest BCUT2D eigenvalue weighted by Gasteiger charge is -2.06. The molecule has 0 fully saturated rings. The van der Waals surface area contributed by atoms with Gasteiger partial charge in [0.15, 0.2) is 6.61 Å². The van der Waals surface area contributed by atoms with Gasteiger partial charge >= 0.3 is 5.97 Å². The maximum atomic E-state index is 12.4. The summed E-state index contributed by atoms with van der Waals surface area (Å²) in [6.45, 7) is 3.45. The van der Waals surface area contributed by atoms with Crippen LogP contribution in [0.3, 0.4) is 0 Å². The summed E-state index contributed by atoms with van der Waals surface area (Å²) in [5.74, 6) is -0.201. The molecule has 7 heteroatoms. The first kappa shape index (κ1) is 20.5. The number of amides is 1. The molecule has 0 aliphatic carbocycles. The molecule has 0 aliphatic heterocycles. The molecule has 0 radical (unpaired) electrons. The van der Waals surface area contributed by atoms with E-state index in [2.05, 4.69) is 17.2 Å². The summed E-state index contributed by atoms with van der Waals surface area (Å²) < 4.78 is 10.3. The lowest BCUT2D eigenvalue weighted by molar-refractivity contribution is -0.119. The molecule has 0 atom stereocenters. The van der Waals surface area contributed by atoms with Crippen LogP contribution in [0.1, 0.15) is 27.9 Å². The minimum absolute atomic E-state index is 0.358. The van der Waals surface area contributed by atoms with Crippen LogP contribution in [0.2, 0.25) is 0 Å². The van der Waals surface area contributed by atoms with Crippen LogP contribution in [-0.4, -0.2) is 30.6 Å². The second kappa shape index (κ2) is 9.34. The van der Waals surface area contributed by atoms with E-state index in [-0.39, 0.29) is 12.5 Å². The molecule has 6 nitrogen and oxygen atoms in total. The van der Waals surface area contributed by atoms with E-state index in [9.17, 15) is 9.59 Å². The van der Waals surface area contributed by atoms with Gasteiger partial charge < -0.3 is 14.8 Å². The molecular weight excluding hydrogens is 388 g/mol. The van der Waals surface area contributed by atoms with Gasteiger partial charge in [-0.15, -0.1) is 11.3 Å². The van der Waals surface area contributed by atoms with Gasteiger partial charge in [-0.25, -0.2) is 9.78 Å². The summed E-state index contributed by atoms with van der Waals surface area (Å²) in [4.78, 5) is 29.3. The molecule has 1 aromatic heterocycles. The van der Waals surface area contributed by atoms with Gasteiger partial charge in [0.2, 0.25) is 0 Å². The van der Waals surface area contributed by atoms with Gasteiger partial charge in [0.05, 0.1) is 12.8 Å². The number of aromatic nitrogens is 1. The number of carbonyl (C=O) groups is 2. The van der Waals surface area contributed by atoms with Crippen molar-refractivity contribution in [3.63, 3.8) is 0 Å². The van der Waals surface area contributed by atoms with Crippen LogP contribution < -0.4 is 10.1 Å². The van der Waals surface area contributed by atoms with Crippen molar-refractivity contribution in [2.75, 3.05) is 19.0 Å². The van der Waals surface area contributed by atoms with Crippen LogP contribution in [0.5, 0.6) is 5.75 Å².